The first-order valence-electron chi connectivity index (χ1n) is 9.71. The number of hydrogen-bond acceptors (Lipinski definition) is 5. The van der Waals surface area contributed by atoms with E-state index in [9.17, 15) is 22.8 Å². The van der Waals surface area contributed by atoms with E-state index in [4.69, 9.17) is 10.00 Å². The molecule has 1 aliphatic rings. The number of hydrogen-bond donors (Lipinski definition) is 1. The van der Waals surface area contributed by atoms with E-state index in [1.165, 1.54) is 15.9 Å². The number of piperazine rings is 1. The first-order chi connectivity index (χ1) is 14.6. The van der Waals surface area contributed by atoms with E-state index in [0.29, 0.717) is 19.6 Å². The number of halogens is 3. The van der Waals surface area contributed by atoms with Gasteiger partial charge in [-0.25, -0.2) is 4.79 Å². The van der Waals surface area contributed by atoms with Crippen LogP contribution in [0, 0.1) is 11.3 Å². The van der Waals surface area contributed by atoms with E-state index in [-0.39, 0.29) is 31.2 Å². The van der Waals surface area contributed by atoms with E-state index in [0.717, 1.165) is 12.1 Å². The van der Waals surface area contributed by atoms with Gasteiger partial charge in [0.15, 0.2) is 0 Å². The Bertz CT molecular complexity index is 838. The number of nitrogens with one attached hydrogen (secondary N) is 1. The Balaban J connectivity index is 2.24. The van der Waals surface area contributed by atoms with Gasteiger partial charge in [0.25, 0.3) is 0 Å². The molecule has 1 unspecified atom stereocenters. The lowest BCUT2D eigenvalue weighted by Crippen LogP contribution is -2.62. The lowest BCUT2D eigenvalue weighted by molar-refractivity contribution is -0.138. The molecule has 1 saturated heterocycles. The summed E-state index contributed by atoms with van der Waals surface area (Å²) in [6, 6.07) is 3.74. The summed E-state index contributed by atoms with van der Waals surface area (Å²) < 4.78 is 44.9. The third-order valence-corrected chi connectivity index (χ3v) is 4.96. The maximum atomic E-state index is 13.3. The second kappa shape index (κ2) is 10.3. The maximum Gasteiger partial charge on any atom is 0.417 e. The van der Waals surface area contributed by atoms with Crippen molar-refractivity contribution in [3.05, 3.63) is 29.3 Å². The smallest absolute Gasteiger partial charge is 0.385 e. The summed E-state index contributed by atoms with van der Waals surface area (Å²) in [7, 11) is 4.67. The monoisotopic (exact) mass is 441 g/mol. The molecule has 8 nitrogen and oxygen atoms in total. The van der Waals surface area contributed by atoms with Crippen LogP contribution >= 0.6 is 0 Å². The number of carbonyl (C=O) groups excluding carboxylic acids is 2. The van der Waals surface area contributed by atoms with Crippen LogP contribution in [-0.4, -0.2) is 81.8 Å². The van der Waals surface area contributed by atoms with E-state index < -0.39 is 29.4 Å². The van der Waals surface area contributed by atoms with Crippen LogP contribution in [0.2, 0.25) is 0 Å². The zero-order valence-electron chi connectivity index (χ0n) is 17.7. The molecule has 0 spiro atoms. The van der Waals surface area contributed by atoms with Crippen molar-refractivity contribution in [1.82, 2.24) is 15.1 Å². The zero-order valence-corrected chi connectivity index (χ0v) is 17.7. The Morgan fingerprint density at radius 1 is 1.32 bits per heavy atom. The number of carbonyl (C=O) groups is 2. The number of rotatable bonds is 6. The molecule has 1 aliphatic heterocycles. The van der Waals surface area contributed by atoms with Crippen LogP contribution in [0.15, 0.2) is 18.2 Å². The number of ether oxygens (including phenoxy) is 1. The predicted octanol–water partition coefficient (Wildman–Crippen LogP) is 1.90. The Hall–Kier alpha value is -3.00. The van der Waals surface area contributed by atoms with Crippen LogP contribution in [0.3, 0.4) is 0 Å². The topological polar surface area (TPSA) is 88.9 Å². The molecule has 3 amide bonds. The molecular formula is C20H26F3N5O3. The number of likely N-dealkylation sites (N-methyl/N-ethyl adjacent to an activating group) is 1. The van der Waals surface area contributed by atoms with Gasteiger partial charge >= 0.3 is 12.2 Å². The molecule has 2 rings (SSSR count). The quantitative estimate of drug-likeness (QED) is 0.682. The fraction of sp³-hybridized carbons (Fsp3) is 0.550. The highest BCUT2D eigenvalue weighted by Crippen LogP contribution is 2.35. The van der Waals surface area contributed by atoms with Gasteiger partial charge in [0.2, 0.25) is 5.91 Å². The molecule has 1 N–H and O–H groups in total. The van der Waals surface area contributed by atoms with E-state index >= 15 is 0 Å². The van der Waals surface area contributed by atoms with Gasteiger partial charge in [-0.05, 0) is 24.6 Å². The summed E-state index contributed by atoms with van der Waals surface area (Å²) in [5, 5.41) is 11.7. The predicted molar refractivity (Wildman–Crippen MR) is 107 cm³/mol. The standard InChI is InChI=1S/C20H26F3N5O3/c1-26(2)18(29)17-13-27(8-9-28(17)19(30)25-7-4-10-31-3)15-6-5-14(12-24)16(11-15)20(21,22)23/h5-6,11,17H,4,7-10,13H2,1-3H3,(H,25,30). The Morgan fingerprint density at radius 2 is 2.03 bits per heavy atom. The van der Waals surface area contributed by atoms with Crippen molar-refractivity contribution in [3.63, 3.8) is 0 Å². The van der Waals surface area contributed by atoms with Gasteiger partial charge in [-0.15, -0.1) is 0 Å². The summed E-state index contributed by atoms with van der Waals surface area (Å²) >= 11 is 0. The van der Waals surface area contributed by atoms with Crippen molar-refractivity contribution in [3.8, 4) is 6.07 Å². The highest BCUT2D eigenvalue weighted by molar-refractivity contribution is 5.88. The minimum Gasteiger partial charge on any atom is -0.385 e. The molecule has 11 heteroatoms. The van der Waals surface area contributed by atoms with Crippen LogP contribution in [0.4, 0.5) is 23.7 Å². The van der Waals surface area contributed by atoms with Crippen LogP contribution in [0.1, 0.15) is 17.5 Å². The third-order valence-electron chi connectivity index (χ3n) is 4.96. The van der Waals surface area contributed by atoms with Crippen molar-refractivity contribution in [2.45, 2.75) is 18.6 Å². The first kappa shape index (κ1) is 24.3. The fourth-order valence-corrected chi connectivity index (χ4v) is 3.34. The van der Waals surface area contributed by atoms with Gasteiger partial charge < -0.3 is 24.8 Å². The lowest BCUT2D eigenvalue weighted by Gasteiger charge is -2.42. The summed E-state index contributed by atoms with van der Waals surface area (Å²) in [4.78, 5) is 29.7. The van der Waals surface area contributed by atoms with Gasteiger partial charge in [0.05, 0.1) is 17.2 Å². The summed E-state index contributed by atoms with van der Waals surface area (Å²) in [6.45, 7) is 1.29. The molecule has 0 aliphatic carbocycles. The number of methoxy groups -OCH3 is 1. The third kappa shape index (κ3) is 6.01. The number of urea groups is 1. The molecule has 1 heterocycles. The minimum absolute atomic E-state index is 0.0334. The number of nitriles is 1. The van der Waals surface area contributed by atoms with Gasteiger partial charge in [-0.3, -0.25) is 4.79 Å². The largest absolute Gasteiger partial charge is 0.417 e. The second-order valence-electron chi connectivity index (χ2n) is 7.31. The molecule has 0 bridgehead atoms. The van der Waals surface area contributed by atoms with E-state index in [1.807, 2.05) is 0 Å². The zero-order chi connectivity index (χ0) is 23.2. The van der Waals surface area contributed by atoms with Gasteiger partial charge in [-0.1, -0.05) is 0 Å². The molecule has 0 saturated carbocycles. The van der Waals surface area contributed by atoms with Crippen molar-refractivity contribution in [2.24, 2.45) is 0 Å². The summed E-state index contributed by atoms with van der Waals surface area (Å²) in [5.41, 5.74) is -1.25. The van der Waals surface area contributed by atoms with E-state index in [2.05, 4.69) is 5.32 Å². The molecule has 1 fully saturated rings. The molecule has 0 aromatic heterocycles. The van der Waals surface area contributed by atoms with Crippen LogP contribution in [-0.2, 0) is 15.7 Å². The van der Waals surface area contributed by atoms with Gasteiger partial charge in [-0.2, -0.15) is 18.4 Å². The van der Waals surface area contributed by atoms with Crippen LogP contribution < -0.4 is 10.2 Å². The average molecular weight is 441 g/mol. The van der Waals surface area contributed by atoms with Crippen molar-refractivity contribution < 1.29 is 27.5 Å². The molecule has 1 aromatic rings. The number of benzene rings is 1. The Morgan fingerprint density at radius 3 is 2.61 bits per heavy atom. The highest BCUT2D eigenvalue weighted by atomic mass is 19.4. The van der Waals surface area contributed by atoms with Crippen molar-refractivity contribution in [1.29, 1.82) is 5.26 Å². The average Bonchev–Trinajstić information content (AvgIpc) is 2.74. The maximum absolute atomic E-state index is 13.3. The summed E-state index contributed by atoms with van der Waals surface area (Å²) in [6.07, 6.45) is -4.07. The molecule has 170 valence electrons. The number of amides is 3. The SMILES string of the molecule is COCCCNC(=O)N1CCN(c2ccc(C#N)c(C(F)(F)F)c2)CC1C(=O)N(C)C. The molecule has 1 atom stereocenters. The minimum atomic E-state index is -4.68. The number of nitrogens with zero attached hydrogens (tertiary/aromatic N) is 4. The molecular weight excluding hydrogens is 415 g/mol. The molecule has 1 aromatic carbocycles. The van der Waals surface area contributed by atoms with Gasteiger partial charge in [0.1, 0.15) is 6.04 Å². The van der Waals surface area contributed by atoms with Crippen LogP contribution in [0.25, 0.3) is 0 Å². The summed E-state index contributed by atoms with van der Waals surface area (Å²) in [5.74, 6) is -0.332. The first-order valence-corrected chi connectivity index (χ1v) is 9.71. The van der Waals surface area contributed by atoms with Gasteiger partial charge in [0, 0.05) is 59.7 Å². The Labute approximate surface area is 179 Å². The van der Waals surface area contributed by atoms with Crippen molar-refractivity contribution in [2.75, 3.05) is 58.9 Å². The van der Waals surface area contributed by atoms with E-state index in [1.54, 1.807) is 32.2 Å². The highest BCUT2D eigenvalue weighted by Gasteiger charge is 2.38. The fourth-order valence-electron chi connectivity index (χ4n) is 3.34. The lowest BCUT2D eigenvalue weighted by atomic mass is 10.0. The Kier molecular flexibility index (Phi) is 8.10. The van der Waals surface area contributed by atoms with Crippen LogP contribution in [0.5, 0.6) is 0 Å². The molecule has 31 heavy (non-hydrogen) atoms. The van der Waals surface area contributed by atoms with Crippen molar-refractivity contribution >= 4 is 17.6 Å². The molecule has 0 radical (unpaired) electrons. The number of alkyl halides is 3. The number of anilines is 1. The second-order valence-corrected chi connectivity index (χ2v) is 7.31. The normalized spacial score (nSPS) is 16.6.